The van der Waals surface area contributed by atoms with Crippen LogP contribution >= 0.6 is 0 Å². The number of piperidine rings is 1. The molecular formula is C13H24N2O2. The van der Waals surface area contributed by atoms with Crippen LogP contribution in [0.3, 0.4) is 0 Å². The number of carbonyl (C=O) groups excluding carboxylic acids is 1. The average molecular weight is 240 g/mol. The summed E-state index contributed by atoms with van der Waals surface area (Å²) in [6.07, 6.45) is 5.16. The fourth-order valence-electron chi connectivity index (χ4n) is 2.73. The Morgan fingerprint density at radius 1 is 1.35 bits per heavy atom. The van der Waals surface area contributed by atoms with Crippen molar-refractivity contribution in [3.8, 4) is 0 Å². The Balaban J connectivity index is 1.81. The van der Waals surface area contributed by atoms with Gasteiger partial charge in [0.15, 0.2) is 0 Å². The summed E-state index contributed by atoms with van der Waals surface area (Å²) in [6.45, 7) is 5.89. The number of ether oxygens (including phenoxy) is 1. The number of hydrogen-bond acceptors (Lipinski definition) is 3. The normalized spacial score (nSPS) is 33.1. The molecular weight excluding hydrogens is 216 g/mol. The minimum atomic E-state index is -0.101. The molecule has 2 fully saturated rings. The van der Waals surface area contributed by atoms with Gasteiger partial charge in [0.1, 0.15) is 0 Å². The van der Waals surface area contributed by atoms with Crippen LogP contribution in [0.1, 0.15) is 46.0 Å². The molecule has 2 heterocycles. The van der Waals surface area contributed by atoms with Crippen LogP contribution < -0.4 is 10.6 Å². The maximum absolute atomic E-state index is 12.1. The second-order valence-corrected chi connectivity index (χ2v) is 5.81. The van der Waals surface area contributed by atoms with Crippen molar-refractivity contribution in [1.82, 2.24) is 10.6 Å². The molecule has 17 heavy (non-hydrogen) atoms. The number of rotatable bonds is 2. The number of amides is 1. The summed E-state index contributed by atoms with van der Waals surface area (Å²) in [4.78, 5) is 12.1. The first-order valence-electron chi connectivity index (χ1n) is 6.74. The number of hydrogen-bond donors (Lipinski definition) is 2. The van der Waals surface area contributed by atoms with Crippen LogP contribution in [-0.4, -0.2) is 36.7 Å². The van der Waals surface area contributed by atoms with Gasteiger partial charge in [-0.15, -0.1) is 0 Å². The van der Waals surface area contributed by atoms with Crippen molar-refractivity contribution in [1.29, 1.82) is 0 Å². The van der Waals surface area contributed by atoms with Gasteiger partial charge in [-0.3, -0.25) is 4.79 Å². The standard InChI is InChI=1S/C13H24N2O2/c1-13(2)9-10(6-8-17-13)15-12(16)11-5-3-4-7-14-11/h10-11,14H,3-9H2,1-2H3,(H,15,16)/t10?,11-/m1/s1. The first-order valence-corrected chi connectivity index (χ1v) is 6.74. The Morgan fingerprint density at radius 3 is 2.82 bits per heavy atom. The van der Waals surface area contributed by atoms with Gasteiger partial charge < -0.3 is 15.4 Å². The molecule has 98 valence electrons. The molecule has 0 radical (unpaired) electrons. The van der Waals surface area contributed by atoms with E-state index in [1.807, 2.05) is 0 Å². The van der Waals surface area contributed by atoms with Crippen LogP contribution in [-0.2, 0) is 9.53 Å². The first kappa shape index (κ1) is 12.8. The highest BCUT2D eigenvalue weighted by atomic mass is 16.5. The Kier molecular flexibility index (Phi) is 4.05. The molecule has 0 bridgehead atoms. The lowest BCUT2D eigenvalue weighted by Gasteiger charge is -2.36. The van der Waals surface area contributed by atoms with E-state index < -0.39 is 0 Å². The monoisotopic (exact) mass is 240 g/mol. The second kappa shape index (κ2) is 5.36. The van der Waals surface area contributed by atoms with E-state index in [-0.39, 0.29) is 23.6 Å². The van der Waals surface area contributed by atoms with Crippen molar-refractivity contribution >= 4 is 5.91 Å². The van der Waals surface area contributed by atoms with E-state index in [0.29, 0.717) is 0 Å². The maximum Gasteiger partial charge on any atom is 0.237 e. The van der Waals surface area contributed by atoms with Gasteiger partial charge in [-0.25, -0.2) is 0 Å². The van der Waals surface area contributed by atoms with Gasteiger partial charge in [-0.1, -0.05) is 6.42 Å². The second-order valence-electron chi connectivity index (χ2n) is 5.81. The van der Waals surface area contributed by atoms with Crippen LogP contribution in [0.25, 0.3) is 0 Å². The van der Waals surface area contributed by atoms with E-state index in [1.54, 1.807) is 0 Å². The lowest BCUT2D eigenvalue weighted by atomic mass is 9.93. The first-order chi connectivity index (χ1) is 8.07. The average Bonchev–Trinajstić information content (AvgIpc) is 2.29. The molecule has 2 aliphatic heterocycles. The molecule has 0 aromatic carbocycles. The lowest BCUT2D eigenvalue weighted by molar-refractivity contribution is -0.126. The summed E-state index contributed by atoms with van der Waals surface area (Å²) in [5.74, 6) is 0.174. The summed E-state index contributed by atoms with van der Waals surface area (Å²) in [6, 6.07) is 0.296. The summed E-state index contributed by atoms with van der Waals surface area (Å²) in [5, 5.41) is 6.45. The smallest absolute Gasteiger partial charge is 0.237 e. The van der Waals surface area contributed by atoms with Crippen LogP contribution in [0.5, 0.6) is 0 Å². The predicted molar refractivity (Wildman–Crippen MR) is 66.8 cm³/mol. The van der Waals surface area contributed by atoms with Crippen molar-refractivity contribution < 1.29 is 9.53 Å². The molecule has 0 aromatic heterocycles. The molecule has 4 nitrogen and oxygen atoms in total. The minimum absolute atomic E-state index is 0.0229. The van der Waals surface area contributed by atoms with Gasteiger partial charge >= 0.3 is 0 Å². The van der Waals surface area contributed by atoms with Gasteiger partial charge in [0.25, 0.3) is 0 Å². The number of carbonyl (C=O) groups is 1. The van der Waals surface area contributed by atoms with Crippen LogP contribution in [0.2, 0.25) is 0 Å². The zero-order valence-electron chi connectivity index (χ0n) is 10.9. The third kappa shape index (κ3) is 3.68. The Hall–Kier alpha value is -0.610. The highest BCUT2D eigenvalue weighted by Gasteiger charge is 2.31. The zero-order chi connectivity index (χ0) is 12.3. The third-order valence-corrected chi connectivity index (χ3v) is 3.67. The predicted octanol–water partition coefficient (Wildman–Crippen LogP) is 1.20. The van der Waals surface area contributed by atoms with E-state index in [9.17, 15) is 4.79 Å². The molecule has 1 amide bonds. The van der Waals surface area contributed by atoms with Gasteiger partial charge in [0.05, 0.1) is 11.6 Å². The molecule has 2 N–H and O–H groups in total. The van der Waals surface area contributed by atoms with E-state index in [4.69, 9.17) is 4.74 Å². The van der Waals surface area contributed by atoms with Crippen LogP contribution in [0, 0.1) is 0 Å². The van der Waals surface area contributed by atoms with Gasteiger partial charge in [0.2, 0.25) is 5.91 Å². The zero-order valence-corrected chi connectivity index (χ0v) is 10.9. The van der Waals surface area contributed by atoms with Gasteiger partial charge in [-0.2, -0.15) is 0 Å². The van der Waals surface area contributed by atoms with Crippen molar-refractivity contribution in [2.75, 3.05) is 13.2 Å². The molecule has 1 unspecified atom stereocenters. The Labute approximate surface area is 103 Å². The fraction of sp³-hybridized carbons (Fsp3) is 0.923. The molecule has 0 spiro atoms. The van der Waals surface area contributed by atoms with Crippen molar-refractivity contribution in [2.45, 2.75) is 63.6 Å². The highest BCUT2D eigenvalue weighted by Crippen LogP contribution is 2.24. The fourth-order valence-corrected chi connectivity index (χ4v) is 2.73. The minimum Gasteiger partial charge on any atom is -0.375 e. The molecule has 4 heteroatoms. The molecule has 2 atom stereocenters. The summed E-state index contributed by atoms with van der Waals surface area (Å²) in [5.41, 5.74) is -0.101. The maximum atomic E-state index is 12.1. The number of nitrogens with one attached hydrogen (secondary N) is 2. The Bertz CT molecular complexity index is 273. The third-order valence-electron chi connectivity index (χ3n) is 3.67. The Morgan fingerprint density at radius 2 is 2.18 bits per heavy atom. The van der Waals surface area contributed by atoms with Crippen molar-refractivity contribution in [2.24, 2.45) is 0 Å². The van der Waals surface area contributed by atoms with E-state index in [1.165, 1.54) is 6.42 Å². The topological polar surface area (TPSA) is 50.4 Å². The van der Waals surface area contributed by atoms with E-state index in [0.717, 1.165) is 38.8 Å². The van der Waals surface area contributed by atoms with E-state index in [2.05, 4.69) is 24.5 Å². The molecule has 0 saturated carbocycles. The van der Waals surface area contributed by atoms with Gasteiger partial charge in [-0.05, 0) is 46.1 Å². The molecule has 2 rings (SSSR count). The summed E-state index contributed by atoms with van der Waals surface area (Å²) >= 11 is 0. The van der Waals surface area contributed by atoms with E-state index >= 15 is 0 Å². The van der Waals surface area contributed by atoms with Crippen LogP contribution in [0.4, 0.5) is 0 Å². The SMILES string of the molecule is CC1(C)CC(NC(=O)[C@H]2CCCCN2)CCO1. The lowest BCUT2D eigenvalue weighted by Crippen LogP contribution is -2.52. The molecule has 2 aliphatic rings. The summed E-state index contributed by atoms with van der Waals surface area (Å²) in [7, 11) is 0. The quantitative estimate of drug-likeness (QED) is 0.762. The molecule has 2 saturated heterocycles. The van der Waals surface area contributed by atoms with Gasteiger partial charge in [0, 0.05) is 12.6 Å². The molecule has 0 aromatic rings. The van der Waals surface area contributed by atoms with Crippen molar-refractivity contribution in [3.63, 3.8) is 0 Å². The highest BCUT2D eigenvalue weighted by molar-refractivity contribution is 5.82. The van der Waals surface area contributed by atoms with Crippen molar-refractivity contribution in [3.05, 3.63) is 0 Å². The summed E-state index contributed by atoms with van der Waals surface area (Å²) < 4.78 is 5.66. The largest absolute Gasteiger partial charge is 0.375 e. The molecule has 0 aliphatic carbocycles. The van der Waals surface area contributed by atoms with Crippen LogP contribution in [0.15, 0.2) is 0 Å².